The minimum atomic E-state index is -0.0368. The number of benzene rings is 1. The second-order valence-corrected chi connectivity index (χ2v) is 4.12. The van der Waals surface area contributed by atoms with Gasteiger partial charge in [0.25, 0.3) is 0 Å². The Morgan fingerprint density at radius 2 is 2.11 bits per heavy atom. The molecule has 19 heavy (non-hydrogen) atoms. The van der Waals surface area contributed by atoms with Crippen molar-refractivity contribution in [1.29, 1.82) is 0 Å². The predicted molar refractivity (Wildman–Crippen MR) is 68.7 cm³/mol. The summed E-state index contributed by atoms with van der Waals surface area (Å²) in [6.07, 6.45) is 1.06. The summed E-state index contributed by atoms with van der Waals surface area (Å²) in [7, 11) is 0. The molecule has 1 aromatic heterocycles. The monoisotopic (exact) mass is 260 g/mol. The van der Waals surface area contributed by atoms with Crippen LogP contribution in [-0.4, -0.2) is 22.5 Å². The first kappa shape index (κ1) is 13.4. The number of hydrogen-bond donors (Lipinski definition) is 0. The summed E-state index contributed by atoms with van der Waals surface area (Å²) in [4.78, 5) is 16.0. The van der Waals surface area contributed by atoms with Gasteiger partial charge in [-0.2, -0.15) is 4.98 Å². The summed E-state index contributed by atoms with van der Waals surface area (Å²) in [6.45, 7) is 3.00. The van der Waals surface area contributed by atoms with E-state index in [-0.39, 0.29) is 12.2 Å². The lowest BCUT2D eigenvalue weighted by Gasteiger charge is -1.96. The number of ketones is 1. The largest absolute Gasteiger partial charge is 0.373 e. The zero-order valence-corrected chi connectivity index (χ0v) is 10.8. The SMILES string of the molecule is CCCOCc1noc(CC(=O)c2ccccc2)n1. The first-order chi connectivity index (χ1) is 9.29. The van der Waals surface area contributed by atoms with Crippen LogP contribution in [0.3, 0.4) is 0 Å². The number of carbonyl (C=O) groups excluding carboxylic acids is 1. The summed E-state index contributed by atoms with van der Waals surface area (Å²) in [6, 6.07) is 9.05. The van der Waals surface area contributed by atoms with Crippen molar-refractivity contribution in [1.82, 2.24) is 10.1 Å². The second kappa shape index (κ2) is 6.80. The van der Waals surface area contributed by atoms with E-state index in [1.54, 1.807) is 12.1 Å². The van der Waals surface area contributed by atoms with Crippen LogP contribution in [0.4, 0.5) is 0 Å². The maximum atomic E-state index is 11.9. The summed E-state index contributed by atoms with van der Waals surface area (Å²) < 4.78 is 10.3. The molecule has 5 nitrogen and oxygen atoms in total. The topological polar surface area (TPSA) is 65.2 Å². The van der Waals surface area contributed by atoms with E-state index in [9.17, 15) is 4.79 Å². The Kier molecular flexibility index (Phi) is 4.80. The Morgan fingerprint density at radius 3 is 2.84 bits per heavy atom. The van der Waals surface area contributed by atoms with E-state index >= 15 is 0 Å². The average Bonchev–Trinajstić information content (AvgIpc) is 2.88. The molecule has 100 valence electrons. The summed E-state index contributed by atoms with van der Waals surface area (Å²) >= 11 is 0. The first-order valence-electron chi connectivity index (χ1n) is 6.27. The van der Waals surface area contributed by atoms with Crippen molar-refractivity contribution in [2.45, 2.75) is 26.4 Å². The smallest absolute Gasteiger partial charge is 0.234 e. The molecule has 0 N–H and O–H groups in total. The van der Waals surface area contributed by atoms with E-state index in [2.05, 4.69) is 10.1 Å². The van der Waals surface area contributed by atoms with Gasteiger partial charge < -0.3 is 9.26 Å². The molecule has 0 amide bonds. The summed E-state index contributed by atoms with van der Waals surface area (Å²) in [5.74, 6) is 0.763. The van der Waals surface area contributed by atoms with Crippen LogP contribution in [0.25, 0.3) is 0 Å². The third-order valence-corrected chi connectivity index (χ3v) is 2.50. The zero-order chi connectivity index (χ0) is 13.5. The molecule has 1 aromatic carbocycles. The van der Waals surface area contributed by atoms with Gasteiger partial charge in [-0.15, -0.1) is 0 Å². The maximum Gasteiger partial charge on any atom is 0.234 e. The highest BCUT2D eigenvalue weighted by Crippen LogP contribution is 2.06. The van der Waals surface area contributed by atoms with E-state index in [0.29, 0.717) is 30.5 Å². The Hall–Kier alpha value is -2.01. The molecule has 2 aromatic rings. The standard InChI is InChI=1S/C14H16N2O3/c1-2-8-18-10-13-15-14(19-16-13)9-12(17)11-6-4-3-5-7-11/h3-7H,2,8-10H2,1H3. The van der Waals surface area contributed by atoms with Gasteiger partial charge in [0.1, 0.15) is 6.61 Å². The van der Waals surface area contributed by atoms with Crippen molar-refractivity contribution < 1.29 is 14.1 Å². The van der Waals surface area contributed by atoms with Crippen LogP contribution >= 0.6 is 0 Å². The van der Waals surface area contributed by atoms with Crippen LogP contribution in [0.1, 0.15) is 35.4 Å². The minimum absolute atomic E-state index is 0.0368. The van der Waals surface area contributed by atoms with Crippen LogP contribution in [-0.2, 0) is 17.8 Å². The van der Waals surface area contributed by atoms with E-state index in [1.165, 1.54) is 0 Å². The van der Waals surface area contributed by atoms with Crippen molar-refractivity contribution >= 4 is 5.78 Å². The number of nitrogens with zero attached hydrogens (tertiary/aromatic N) is 2. The average molecular weight is 260 g/mol. The third kappa shape index (κ3) is 3.99. The lowest BCUT2D eigenvalue weighted by molar-refractivity contribution is 0.0983. The molecule has 2 rings (SSSR count). The molecule has 1 heterocycles. The van der Waals surface area contributed by atoms with Crippen molar-refractivity contribution in [3.05, 3.63) is 47.6 Å². The molecule has 0 saturated heterocycles. The molecule has 0 atom stereocenters. The molecule has 5 heteroatoms. The molecule has 0 aliphatic carbocycles. The van der Waals surface area contributed by atoms with Crippen molar-refractivity contribution in [3.63, 3.8) is 0 Å². The molecule has 0 aliphatic heterocycles. The van der Waals surface area contributed by atoms with Gasteiger partial charge in [-0.25, -0.2) is 0 Å². The van der Waals surface area contributed by atoms with Crippen LogP contribution in [0.15, 0.2) is 34.9 Å². The van der Waals surface area contributed by atoms with E-state index in [4.69, 9.17) is 9.26 Å². The van der Waals surface area contributed by atoms with Gasteiger partial charge in [-0.1, -0.05) is 42.4 Å². The van der Waals surface area contributed by atoms with Crippen LogP contribution < -0.4 is 0 Å². The Bertz CT molecular complexity index is 522. The van der Waals surface area contributed by atoms with Crippen molar-refractivity contribution in [3.8, 4) is 0 Å². The van der Waals surface area contributed by atoms with Crippen LogP contribution in [0.5, 0.6) is 0 Å². The fraction of sp³-hybridized carbons (Fsp3) is 0.357. The lowest BCUT2D eigenvalue weighted by atomic mass is 10.1. The van der Waals surface area contributed by atoms with Gasteiger partial charge in [0.2, 0.25) is 5.89 Å². The van der Waals surface area contributed by atoms with Crippen LogP contribution in [0, 0.1) is 0 Å². The molecule has 0 saturated carbocycles. The van der Waals surface area contributed by atoms with Gasteiger partial charge in [0.15, 0.2) is 11.6 Å². The lowest BCUT2D eigenvalue weighted by Crippen LogP contribution is -2.03. The van der Waals surface area contributed by atoms with Crippen LogP contribution in [0.2, 0.25) is 0 Å². The second-order valence-electron chi connectivity index (χ2n) is 4.12. The first-order valence-corrected chi connectivity index (χ1v) is 6.27. The Balaban J connectivity index is 1.91. The predicted octanol–water partition coefficient (Wildman–Crippen LogP) is 2.42. The molecule has 0 aliphatic rings. The number of carbonyl (C=O) groups is 1. The molecular formula is C14H16N2O3. The Morgan fingerprint density at radius 1 is 1.32 bits per heavy atom. The fourth-order valence-corrected chi connectivity index (χ4v) is 1.59. The highest BCUT2D eigenvalue weighted by molar-refractivity contribution is 5.96. The number of ether oxygens (including phenoxy) is 1. The number of hydrogen-bond acceptors (Lipinski definition) is 5. The minimum Gasteiger partial charge on any atom is -0.373 e. The number of aromatic nitrogens is 2. The van der Waals surface area contributed by atoms with E-state index < -0.39 is 0 Å². The highest BCUT2D eigenvalue weighted by Gasteiger charge is 2.12. The fourth-order valence-electron chi connectivity index (χ4n) is 1.59. The van der Waals surface area contributed by atoms with Gasteiger partial charge in [-0.3, -0.25) is 4.79 Å². The van der Waals surface area contributed by atoms with Crippen molar-refractivity contribution in [2.24, 2.45) is 0 Å². The van der Waals surface area contributed by atoms with Gasteiger partial charge in [0.05, 0.1) is 6.42 Å². The third-order valence-electron chi connectivity index (χ3n) is 2.50. The highest BCUT2D eigenvalue weighted by atomic mass is 16.5. The molecule has 0 radical (unpaired) electrons. The normalized spacial score (nSPS) is 10.6. The molecule has 0 unspecified atom stereocenters. The molecular weight excluding hydrogens is 244 g/mol. The zero-order valence-electron chi connectivity index (χ0n) is 10.8. The Labute approximate surface area is 111 Å². The number of rotatable bonds is 7. The van der Waals surface area contributed by atoms with Crippen molar-refractivity contribution in [2.75, 3.05) is 6.61 Å². The van der Waals surface area contributed by atoms with Gasteiger partial charge in [0, 0.05) is 12.2 Å². The molecule has 0 fully saturated rings. The molecule has 0 spiro atoms. The van der Waals surface area contributed by atoms with E-state index in [1.807, 2.05) is 25.1 Å². The van der Waals surface area contributed by atoms with E-state index in [0.717, 1.165) is 6.42 Å². The van der Waals surface area contributed by atoms with Gasteiger partial charge in [-0.05, 0) is 6.42 Å². The summed E-state index contributed by atoms with van der Waals surface area (Å²) in [5, 5.41) is 3.77. The number of Topliss-reactive ketones (excluding diaryl/α,β-unsaturated/α-hetero) is 1. The molecule has 0 bridgehead atoms. The van der Waals surface area contributed by atoms with Gasteiger partial charge >= 0.3 is 0 Å². The maximum absolute atomic E-state index is 11.9. The summed E-state index contributed by atoms with van der Waals surface area (Å²) in [5.41, 5.74) is 0.643. The quantitative estimate of drug-likeness (QED) is 0.565.